The summed E-state index contributed by atoms with van der Waals surface area (Å²) in [4.78, 5) is 24.5. The normalized spacial score (nSPS) is 12.1. The maximum absolute atomic E-state index is 11.5. The van der Waals surface area contributed by atoms with Crippen molar-refractivity contribution in [3.05, 3.63) is 22.4 Å². The van der Waals surface area contributed by atoms with E-state index in [1.54, 1.807) is 18.4 Å². The molecule has 0 radical (unpaired) electrons. The average molecular weight is 242 g/mol. The molecule has 0 spiro atoms. The van der Waals surface area contributed by atoms with E-state index in [0.717, 1.165) is 4.88 Å². The first kappa shape index (κ1) is 12.7. The summed E-state index contributed by atoms with van der Waals surface area (Å²) in [6.07, 6.45) is 0.715. The van der Waals surface area contributed by atoms with Crippen molar-refractivity contribution in [2.24, 2.45) is 5.73 Å². The Kier molecular flexibility index (Phi) is 4.45. The van der Waals surface area contributed by atoms with Gasteiger partial charge in [-0.15, -0.1) is 11.3 Å². The average Bonchev–Trinajstić information content (AvgIpc) is 2.76. The second-order valence-corrected chi connectivity index (χ2v) is 4.44. The van der Waals surface area contributed by atoms with Gasteiger partial charge in [-0.1, -0.05) is 6.07 Å². The van der Waals surface area contributed by atoms with Crippen molar-refractivity contribution >= 4 is 23.2 Å². The molecule has 5 nitrogen and oxygen atoms in total. The standard InChI is InChI=1S/C10H14N2O3S/c1-12(9(13)8(11)10(14)15)5-4-7-3-2-6-16-7/h2-3,6,8H,4-5,11H2,1H3,(H,14,15). The van der Waals surface area contributed by atoms with Crippen LogP contribution in [0, 0.1) is 0 Å². The van der Waals surface area contributed by atoms with Crippen molar-refractivity contribution in [2.75, 3.05) is 13.6 Å². The van der Waals surface area contributed by atoms with Gasteiger partial charge in [0.05, 0.1) is 0 Å². The monoisotopic (exact) mass is 242 g/mol. The lowest BCUT2D eigenvalue weighted by Gasteiger charge is -2.18. The first-order valence-electron chi connectivity index (χ1n) is 4.78. The summed E-state index contributed by atoms with van der Waals surface area (Å²) in [6.45, 7) is 0.473. The fourth-order valence-corrected chi connectivity index (χ4v) is 1.88. The molecule has 1 aromatic heterocycles. The van der Waals surface area contributed by atoms with Crippen molar-refractivity contribution in [1.82, 2.24) is 4.90 Å². The maximum Gasteiger partial charge on any atom is 0.330 e. The number of hydrogen-bond acceptors (Lipinski definition) is 4. The lowest BCUT2D eigenvalue weighted by atomic mass is 10.2. The Bertz CT molecular complexity index is 364. The smallest absolute Gasteiger partial charge is 0.330 e. The summed E-state index contributed by atoms with van der Waals surface area (Å²) in [6, 6.07) is 2.44. The van der Waals surface area contributed by atoms with Gasteiger partial charge >= 0.3 is 5.97 Å². The molecular weight excluding hydrogens is 228 g/mol. The lowest BCUT2D eigenvalue weighted by Crippen LogP contribution is -2.47. The van der Waals surface area contributed by atoms with E-state index in [1.807, 2.05) is 17.5 Å². The predicted octanol–water partition coefficient (Wildman–Crippen LogP) is 0.161. The molecule has 0 aliphatic rings. The van der Waals surface area contributed by atoms with Crippen molar-refractivity contribution in [3.63, 3.8) is 0 Å². The molecular formula is C10H14N2O3S. The quantitative estimate of drug-likeness (QED) is 0.720. The van der Waals surface area contributed by atoms with E-state index in [0.29, 0.717) is 13.0 Å². The predicted molar refractivity (Wildman–Crippen MR) is 61.3 cm³/mol. The van der Waals surface area contributed by atoms with Crippen LogP contribution in [-0.4, -0.2) is 41.5 Å². The van der Waals surface area contributed by atoms with Crippen molar-refractivity contribution in [1.29, 1.82) is 0 Å². The van der Waals surface area contributed by atoms with Gasteiger partial charge < -0.3 is 15.7 Å². The molecule has 0 aliphatic heterocycles. The van der Waals surface area contributed by atoms with Gasteiger partial charge in [-0.25, -0.2) is 4.79 Å². The summed E-state index contributed by atoms with van der Waals surface area (Å²) < 4.78 is 0. The van der Waals surface area contributed by atoms with Gasteiger partial charge in [0.2, 0.25) is 0 Å². The highest BCUT2D eigenvalue weighted by atomic mass is 32.1. The Balaban J connectivity index is 2.43. The number of nitrogens with two attached hydrogens (primary N) is 1. The van der Waals surface area contributed by atoms with Gasteiger partial charge in [-0.05, 0) is 17.9 Å². The number of carbonyl (C=O) groups is 2. The number of thiophene rings is 1. The number of rotatable bonds is 5. The molecule has 0 aromatic carbocycles. The SMILES string of the molecule is CN(CCc1cccs1)C(=O)C(N)C(=O)O. The number of amides is 1. The molecule has 88 valence electrons. The molecule has 0 saturated heterocycles. The molecule has 1 atom stereocenters. The molecule has 0 bridgehead atoms. The van der Waals surface area contributed by atoms with Crippen LogP contribution < -0.4 is 5.73 Å². The number of likely N-dealkylation sites (N-methyl/N-ethyl adjacent to an activating group) is 1. The number of carbonyl (C=O) groups excluding carboxylic acids is 1. The highest BCUT2D eigenvalue weighted by Gasteiger charge is 2.24. The van der Waals surface area contributed by atoms with Crippen LogP contribution in [0.5, 0.6) is 0 Å². The molecule has 1 rings (SSSR count). The third kappa shape index (κ3) is 3.32. The molecule has 1 unspecified atom stereocenters. The molecule has 0 fully saturated rings. The van der Waals surface area contributed by atoms with Crippen LogP contribution >= 0.6 is 11.3 Å². The molecule has 0 saturated carbocycles. The number of carboxylic acids is 1. The topological polar surface area (TPSA) is 83.6 Å². The van der Waals surface area contributed by atoms with Gasteiger partial charge in [-0.2, -0.15) is 0 Å². The second-order valence-electron chi connectivity index (χ2n) is 3.41. The highest BCUT2D eigenvalue weighted by molar-refractivity contribution is 7.09. The first-order valence-corrected chi connectivity index (χ1v) is 5.66. The summed E-state index contributed by atoms with van der Waals surface area (Å²) in [7, 11) is 1.55. The Labute approximate surface area is 97.5 Å². The Morgan fingerprint density at radius 1 is 1.62 bits per heavy atom. The number of aliphatic carboxylic acids is 1. The van der Waals surface area contributed by atoms with E-state index in [-0.39, 0.29) is 0 Å². The van der Waals surface area contributed by atoms with Gasteiger partial charge in [-0.3, -0.25) is 4.79 Å². The van der Waals surface area contributed by atoms with Crippen molar-refractivity contribution in [3.8, 4) is 0 Å². The third-order valence-electron chi connectivity index (χ3n) is 2.18. The fraction of sp³-hybridized carbons (Fsp3) is 0.400. The minimum Gasteiger partial charge on any atom is -0.480 e. The summed E-state index contributed by atoms with van der Waals surface area (Å²) in [5.74, 6) is -1.86. The van der Waals surface area contributed by atoms with Crippen molar-refractivity contribution in [2.45, 2.75) is 12.5 Å². The molecule has 3 N–H and O–H groups in total. The van der Waals surface area contributed by atoms with Gasteiger partial charge in [0.25, 0.3) is 5.91 Å². The van der Waals surface area contributed by atoms with Crippen LogP contribution in [0.15, 0.2) is 17.5 Å². The Morgan fingerprint density at radius 2 is 2.31 bits per heavy atom. The second kappa shape index (κ2) is 5.62. The van der Waals surface area contributed by atoms with E-state index in [2.05, 4.69) is 0 Å². The first-order chi connectivity index (χ1) is 7.52. The highest BCUT2D eigenvalue weighted by Crippen LogP contribution is 2.09. The van der Waals surface area contributed by atoms with Crippen LogP contribution in [0.4, 0.5) is 0 Å². The summed E-state index contributed by atoms with van der Waals surface area (Å²) in [5.41, 5.74) is 5.22. The van der Waals surface area contributed by atoms with E-state index < -0.39 is 17.9 Å². The van der Waals surface area contributed by atoms with Crippen LogP contribution in [0.3, 0.4) is 0 Å². The van der Waals surface area contributed by atoms with Gasteiger partial charge in [0.1, 0.15) is 0 Å². The van der Waals surface area contributed by atoms with Gasteiger partial charge in [0.15, 0.2) is 6.04 Å². The molecule has 1 aromatic rings. The molecule has 6 heteroatoms. The molecule has 1 amide bonds. The summed E-state index contributed by atoms with van der Waals surface area (Å²) >= 11 is 1.61. The zero-order valence-corrected chi connectivity index (χ0v) is 9.74. The number of carboxylic acid groups (broad SMARTS) is 1. The van der Waals surface area contributed by atoms with Gasteiger partial charge in [0, 0.05) is 18.5 Å². The molecule has 16 heavy (non-hydrogen) atoms. The lowest BCUT2D eigenvalue weighted by molar-refractivity contribution is -0.145. The molecule has 1 heterocycles. The largest absolute Gasteiger partial charge is 0.480 e. The minimum atomic E-state index is -1.46. The van der Waals surface area contributed by atoms with E-state index in [9.17, 15) is 9.59 Å². The van der Waals surface area contributed by atoms with E-state index in [1.165, 1.54) is 4.90 Å². The number of hydrogen-bond donors (Lipinski definition) is 2. The van der Waals surface area contributed by atoms with Crippen molar-refractivity contribution < 1.29 is 14.7 Å². The van der Waals surface area contributed by atoms with Crippen LogP contribution in [-0.2, 0) is 16.0 Å². The summed E-state index contributed by atoms with van der Waals surface area (Å²) in [5, 5.41) is 10.5. The number of nitrogens with zero attached hydrogens (tertiary/aromatic N) is 1. The zero-order chi connectivity index (χ0) is 12.1. The maximum atomic E-state index is 11.5. The van der Waals surface area contributed by atoms with Crippen LogP contribution in [0.25, 0.3) is 0 Å². The minimum absolute atomic E-state index is 0.473. The van der Waals surface area contributed by atoms with Crippen LogP contribution in [0.1, 0.15) is 4.88 Å². The zero-order valence-electron chi connectivity index (χ0n) is 8.92. The third-order valence-corrected chi connectivity index (χ3v) is 3.12. The van der Waals surface area contributed by atoms with Crippen LogP contribution in [0.2, 0.25) is 0 Å². The molecule has 0 aliphatic carbocycles. The Morgan fingerprint density at radius 3 is 2.81 bits per heavy atom. The fourth-order valence-electron chi connectivity index (χ4n) is 1.19. The van der Waals surface area contributed by atoms with E-state index in [4.69, 9.17) is 10.8 Å². The Hall–Kier alpha value is -1.40. The van der Waals surface area contributed by atoms with E-state index >= 15 is 0 Å².